The number of fused-ring (bicyclic) bond motifs is 6. The molecule has 3 heterocycles. The Morgan fingerprint density at radius 3 is 1.88 bits per heavy atom. The van der Waals surface area contributed by atoms with E-state index >= 15 is 0 Å². The van der Waals surface area contributed by atoms with Gasteiger partial charge in [0, 0.05) is 47.6 Å². The highest BCUT2D eigenvalue weighted by Gasteiger charge is 2.51. The van der Waals surface area contributed by atoms with Crippen LogP contribution in [-0.2, 0) is 5.41 Å². The molecule has 4 bridgehead atoms. The Balaban J connectivity index is 1.05. The molecule has 5 aromatic carbocycles. The van der Waals surface area contributed by atoms with E-state index in [-0.39, 0.29) is 0 Å². The maximum absolute atomic E-state index is 9.46. The van der Waals surface area contributed by atoms with E-state index in [1.807, 2.05) is 48.5 Å². The molecule has 4 aliphatic carbocycles. The number of hydrogen-bond acceptors (Lipinski definition) is 6. The average molecular weight is 665 g/mol. The number of para-hydroxylation sites is 1. The molecule has 0 amide bonds. The molecule has 50 heavy (non-hydrogen) atoms. The molecule has 0 spiro atoms. The van der Waals surface area contributed by atoms with Gasteiger partial charge in [-0.05, 0) is 110 Å². The van der Waals surface area contributed by atoms with E-state index in [2.05, 4.69) is 60.7 Å². The molecule has 4 saturated carbocycles. The summed E-state index contributed by atoms with van der Waals surface area (Å²) < 4.78 is 8.38. The molecule has 0 N–H and O–H groups in total. The maximum atomic E-state index is 9.46. The minimum Gasteiger partial charge on any atom is -0.456 e. The van der Waals surface area contributed by atoms with Crippen molar-refractivity contribution in [3.8, 4) is 40.2 Å². The number of furan rings is 1. The third kappa shape index (κ3) is 4.39. The quantitative estimate of drug-likeness (QED) is 0.187. The lowest BCUT2D eigenvalue weighted by molar-refractivity contribution is -0.00518. The van der Waals surface area contributed by atoms with Crippen LogP contribution in [0.1, 0.15) is 49.7 Å². The summed E-state index contributed by atoms with van der Waals surface area (Å²) in [6.07, 6.45) is 8.39. The van der Waals surface area contributed by atoms with Gasteiger partial charge >= 0.3 is 0 Å². The molecule has 6 heteroatoms. The number of nitriles is 1. The van der Waals surface area contributed by atoms with Crippen molar-refractivity contribution >= 4 is 53.4 Å². The van der Waals surface area contributed by atoms with Crippen molar-refractivity contribution < 1.29 is 4.42 Å². The minimum atomic E-state index is 0.346. The van der Waals surface area contributed by atoms with Crippen LogP contribution in [0.3, 0.4) is 0 Å². The second kappa shape index (κ2) is 10.6. The molecule has 4 fully saturated rings. The third-order valence-electron chi connectivity index (χ3n) is 11.9. The zero-order valence-corrected chi connectivity index (χ0v) is 28.2. The number of thiophene rings is 1. The SMILES string of the molecule is N#Cc1ccc2c(c1)sc1cc(-c3nc(-c4ccc(C56CC7CC(CC(C7)C5)C6)cc4)nc(-c4ccc5oc6ccccc6c5c4)n3)ccc12. The highest BCUT2D eigenvalue weighted by Crippen LogP contribution is 2.60. The first kappa shape index (κ1) is 28.5. The van der Waals surface area contributed by atoms with E-state index in [0.29, 0.717) is 28.5 Å². The van der Waals surface area contributed by atoms with Crippen molar-refractivity contribution in [2.45, 2.75) is 43.9 Å². The predicted molar refractivity (Wildman–Crippen MR) is 201 cm³/mol. The van der Waals surface area contributed by atoms with E-state index in [1.165, 1.54) is 49.5 Å². The zero-order valence-electron chi connectivity index (χ0n) is 27.4. The first-order valence-corrected chi connectivity index (χ1v) is 18.5. The van der Waals surface area contributed by atoms with Crippen LogP contribution in [-0.4, -0.2) is 15.0 Å². The van der Waals surface area contributed by atoms with Crippen LogP contribution >= 0.6 is 11.3 Å². The van der Waals surface area contributed by atoms with E-state index in [9.17, 15) is 5.26 Å². The van der Waals surface area contributed by atoms with Crippen molar-refractivity contribution in [3.05, 3.63) is 114 Å². The standard InChI is InChI=1S/C44H32N4OS/c45-24-25-5-12-34-35-13-8-31(20-40(35)50-39(34)18-25)43-47-41(29-6-10-32(11-7-29)44-21-26-15-27(22-44)17-28(16-26)23-44)46-42(48-43)30-9-14-38-36(19-30)33-3-1-2-4-37(33)49-38/h1-14,18-20,26-28H,15-17,21-23H2. The molecule has 0 aliphatic heterocycles. The summed E-state index contributed by atoms with van der Waals surface area (Å²) in [6.45, 7) is 0. The maximum Gasteiger partial charge on any atom is 0.164 e. The van der Waals surface area contributed by atoms with Gasteiger partial charge in [0.1, 0.15) is 11.2 Å². The Morgan fingerprint density at radius 1 is 0.580 bits per heavy atom. The van der Waals surface area contributed by atoms with Gasteiger partial charge in [0.05, 0.1) is 11.6 Å². The Kier molecular flexibility index (Phi) is 6.01. The van der Waals surface area contributed by atoms with Crippen LogP contribution in [0.15, 0.2) is 108 Å². The first-order chi connectivity index (χ1) is 24.6. The fourth-order valence-electron chi connectivity index (χ4n) is 10.1. The van der Waals surface area contributed by atoms with E-state index < -0.39 is 0 Å². The fourth-order valence-corrected chi connectivity index (χ4v) is 11.2. The van der Waals surface area contributed by atoms with Gasteiger partial charge < -0.3 is 4.42 Å². The zero-order chi connectivity index (χ0) is 33.0. The van der Waals surface area contributed by atoms with Crippen LogP contribution in [0.2, 0.25) is 0 Å². The second-order valence-corrected chi connectivity index (χ2v) is 16.1. The number of aromatic nitrogens is 3. The third-order valence-corrected chi connectivity index (χ3v) is 13.0. The van der Waals surface area contributed by atoms with E-state index in [1.54, 1.807) is 11.3 Å². The molecule has 8 aromatic rings. The summed E-state index contributed by atoms with van der Waals surface area (Å²) in [7, 11) is 0. The van der Waals surface area contributed by atoms with E-state index in [4.69, 9.17) is 19.4 Å². The topological polar surface area (TPSA) is 75.6 Å². The lowest BCUT2D eigenvalue weighted by Gasteiger charge is -2.57. The average Bonchev–Trinajstić information content (AvgIpc) is 3.71. The number of hydrogen-bond donors (Lipinski definition) is 0. The van der Waals surface area contributed by atoms with Crippen molar-refractivity contribution in [2.75, 3.05) is 0 Å². The molecule has 3 aromatic heterocycles. The van der Waals surface area contributed by atoms with Gasteiger partial charge in [0.2, 0.25) is 0 Å². The number of benzene rings is 5. The van der Waals surface area contributed by atoms with E-state index in [0.717, 1.165) is 71.2 Å². The normalized spacial score (nSPS) is 22.6. The summed E-state index contributed by atoms with van der Waals surface area (Å²) in [5, 5.41) is 13.9. The van der Waals surface area contributed by atoms with Gasteiger partial charge in [0.15, 0.2) is 17.5 Å². The first-order valence-electron chi connectivity index (χ1n) is 17.7. The van der Waals surface area contributed by atoms with Crippen molar-refractivity contribution in [1.82, 2.24) is 15.0 Å². The van der Waals surface area contributed by atoms with Crippen LogP contribution in [0.5, 0.6) is 0 Å². The fraction of sp³-hybridized carbons (Fsp3) is 0.227. The summed E-state index contributed by atoms with van der Waals surface area (Å²) in [6, 6.07) is 38.2. The summed E-state index contributed by atoms with van der Waals surface area (Å²) >= 11 is 1.70. The van der Waals surface area contributed by atoms with Crippen LogP contribution < -0.4 is 0 Å². The van der Waals surface area contributed by atoms with Gasteiger partial charge in [-0.25, -0.2) is 15.0 Å². The largest absolute Gasteiger partial charge is 0.456 e. The number of nitrogens with zero attached hydrogens (tertiary/aromatic N) is 4. The highest BCUT2D eigenvalue weighted by molar-refractivity contribution is 7.25. The molecule has 0 atom stereocenters. The Morgan fingerprint density at radius 2 is 1.16 bits per heavy atom. The molecular weight excluding hydrogens is 633 g/mol. The Labute approximate surface area is 293 Å². The highest BCUT2D eigenvalue weighted by atomic mass is 32.1. The monoisotopic (exact) mass is 664 g/mol. The van der Waals surface area contributed by atoms with Gasteiger partial charge in [-0.1, -0.05) is 60.7 Å². The molecule has 0 radical (unpaired) electrons. The van der Waals surface area contributed by atoms with Crippen molar-refractivity contribution in [2.24, 2.45) is 17.8 Å². The van der Waals surface area contributed by atoms with Gasteiger partial charge in [0.25, 0.3) is 0 Å². The summed E-state index contributed by atoms with van der Waals surface area (Å²) in [5.74, 6) is 4.68. The lowest BCUT2D eigenvalue weighted by atomic mass is 9.48. The molecule has 0 saturated heterocycles. The van der Waals surface area contributed by atoms with Crippen molar-refractivity contribution in [3.63, 3.8) is 0 Å². The van der Waals surface area contributed by atoms with Crippen LogP contribution in [0.4, 0.5) is 0 Å². The lowest BCUT2D eigenvalue weighted by Crippen LogP contribution is -2.48. The summed E-state index contributed by atoms with van der Waals surface area (Å²) in [4.78, 5) is 15.4. The molecule has 5 nitrogen and oxygen atoms in total. The smallest absolute Gasteiger partial charge is 0.164 e. The van der Waals surface area contributed by atoms with Gasteiger partial charge in [-0.2, -0.15) is 5.26 Å². The Bertz CT molecular complexity index is 2680. The van der Waals surface area contributed by atoms with Crippen LogP contribution in [0, 0.1) is 29.1 Å². The van der Waals surface area contributed by atoms with Gasteiger partial charge in [-0.3, -0.25) is 0 Å². The number of rotatable bonds is 4. The Hall–Kier alpha value is -5.38. The molecular formula is C44H32N4OS. The van der Waals surface area contributed by atoms with Crippen LogP contribution in [0.25, 0.3) is 76.3 Å². The van der Waals surface area contributed by atoms with Crippen molar-refractivity contribution in [1.29, 1.82) is 5.26 Å². The minimum absolute atomic E-state index is 0.346. The molecule has 240 valence electrons. The summed E-state index contributed by atoms with van der Waals surface area (Å²) in [5.41, 5.74) is 7.10. The molecule has 4 aliphatic rings. The molecule has 0 unspecified atom stereocenters. The predicted octanol–water partition coefficient (Wildman–Crippen LogP) is 11.5. The molecule has 12 rings (SSSR count). The van der Waals surface area contributed by atoms with Gasteiger partial charge in [-0.15, -0.1) is 11.3 Å². The second-order valence-electron chi connectivity index (χ2n) is 15.0.